The number of hydrogen-bond donors (Lipinski definition) is 0. The van der Waals surface area contributed by atoms with Gasteiger partial charge in [-0.05, 0) is 26.8 Å². The highest BCUT2D eigenvalue weighted by molar-refractivity contribution is 7.90. The minimum absolute atomic E-state index is 0.0693. The Bertz CT molecular complexity index is 630. The molecule has 0 amide bonds. The lowest BCUT2D eigenvalue weighted by Gasteiger charge is -2.20. The summed E-state index contributed by atoms with van der Waals surface area (Å²) in [4.78, 5) is 6.23. The minimum atomic E-state index is -3.35. The van der Waals surface area contributed by atoms with Gasteiger partial charge in [-0.2, -0.15) is 0 Å². The van der Waals surface area contributed by atoms with E-state index in [-0.39, 0.29) is 11.3 Å². The van der Waals surface area contributed by atoms with Crippen molar-refractivity contribution in [1.29, 1.82) is 0 Å². The molecule has 0 aromatic carbocycles. The fourth-order valence-corrected chi connectivity index (χ4v) is 3.63. The predicted molar refractivity (Wildman–Crippen MR) is 85.5 cm³/mol. The molecule has 7 heteroatoms. The molecule has 124 valence electrons. The SMILES string of the molecule is C=C(C)CN(C)Cc1cnc(S(C)(=O)=O)n1CC1CCCO1. The lowest BCUT2D eigenvalue weighted by molar-refractivity contribution is 0.0935. The number of nitrogens with zero attached hydrogens (tertiary/aromatic N) is 3. The van der Waals surface area contributed by atoms with Crippen LogP contribution in [-0.2, 0) is 27.7 Å². The number of imidazole rings is 1. The van der Waals surface area contributed by atoms with E-state index in [2.05, 4.69) is 16.5 Å². The van der Waals surface area contributed by atoms with Gasteiger partial charge in [0.15, 0.2) is 0 Å². The normalized spacial score (nSPS) is 19.0. The molecule has 1 atom stereocenters. The van der Waals surface area contributed by atoms with Crippen LogP contribution in [0, 0.1) is 0 Å². The molecule has 1 saturated heterocycles. The molecule has 2 rings (SSSR count). The molecule has 1 aliphatic heterocycles. The van der Waals surface area contributed by atoms with Crippen LogP contribution in [0.5, 0.6) is 0 Å². The zero-order chi connectivity index (χ0) is 16.3. The first kappa shape index (κ1) is 17.2. The third-order valence-corrected chi connectivity index (χ3v) is 4.60. The lowest BCUT2D eigenvalue weighted by atomic mass is 10.2. The molecule has 1 unspecified atom stereocenters. The molecular formula is C15H25N3O3S. The first-order valence-corrected chi connectivity index (χ1v) is 9.35. The quantitative estimate of drug-likeness (QED) is 0.710. The first-order chi connectivity index (χ1) is 10.3. The van der Waals surface area contributed by atoms with E-state index in [9.17, 15) is 8.42 Å². The molecule has 1 aliphatic rings. The number of rotatable bonds is 7. The molecule has 0 N–H and O–H groups in total. The van der Waals surface area contributed by atoms with Crippen molar-refractivity contribution < 1.29 is 13.2 Å². The maximum Gasteiger partial charge on any atom is 0.227 e. The van der Waals surface area contributed by atoms with Crippen LogP contribution in [-0.4, -0.2) is 55.4 Å². The second kappa shape index (κ2) is 6.93. The summed E-state index contributed by atoms with van der Waals surface area (Å²) in [6, 6.07) is 0. The predicted octanol–water partition coefficient (Wildman–Crippen LogP) is 1.47. The topological polar surface area (TPSA) is 64.4 Å². The van der Waals surface area contributed by atoms with Crippen LogP contribution in [0.3, 0.4) is 0 Å². The van der Waals surface area contributed by atoms with Crippen molar-refractivity contribution >= 4 is 9.84 Å². The maximum atomic E-state index is 12.0. The monoisotopic (exact) mass is 327 g/mol. The molecule has 0 spiro atoms. The minimum Gasteiger partial charge on any atom is -0.376 e. The number of sulfone groups is 1. The van der Waals surface area contributed by atoms with Crippen molar-refractivity contribution in [3.8, 4) is 0 Å². The summed E-state index contributed by atoms with van der Waals surface area (Å²) < 4.78 is 31.3. The van der Waals surface area contributed by atoms with Gasteiger partial charge in [-0.25, -0.2) is 13.4 Å². The van der Waals surface area contributed by atoms with Gasteiger partial charge in [0.25, 0.3) is 0 Å². The standard InChI is InChI=1S/C15H25N3O3S/c1-12(2)9-17(3)10-13-8-16-15(22(4,19)20)18(13)11-14-6-5-7-21-14/h8,14H,1,5-7,9-11H2,2-4H3. The van der Waals surface area contributed by atoms with Gasteiger partial charge in [0.1, 0.15) is 0 Å². The zero-order valence-electron chi connectivity index (χ0n) is 13.6. The van der Waals surface area contributed by atoms with Crippen LogP contribution in [0.25, 0.3) is 0 Å². The average Bonchev–Trinajstić information content (AvgIpc) is 2.98. The Kier molecular flexibility index (Phi) is 5.41. The highest BCUT2D eigenvalue weighted by Gasteiger charge is 2.24. The Hall–Kier alpha value is -1.18. The van der Waals surface area contributed by atoms with E-state index in [4.69, 9.17) is 4.74 Å². The van der Waals surface area contributed by atoms with Crippen LogP contribution in [0.1, 0.15) is 25.5 Å². The zero-order valence-corrected chi connectivity index (χ0v) is 14.4. The summed E-state index contributed by atoms with van der Waals surface area (Å²) >= 11 is 0. The lowest BCUT2D eigenvalue weighted by Crippen LogP contribution is -2.25. The number of aromatic nitrogens is 2. The fourth-order valence-electron chi connectivity index (χ4n) is 2.79. The molecule has 1 aromatic heterocycles. The second-order valence-corrected chi connectivity index (χ2v) is 8.09. The van der Waals surface area contributed by atoms with Gasteiger partial charge in [-0.15, -0.1) is 0 Å². The van der Waals surface area contributed by atoms with E-state index in [1.165, 1.54) is 6.26 Å². The van der Waals surface area contributed by atoms with Crippen molar-refractivity contribution in [2.75, 3.05) is 26.5 Å². The van der Waals surface area contributed by atoms with Crippen molar-refractivity contribution in [1.82, 2.24) is 14.5 Å². The highest BCUT2D eigenvalue weighted by atomic mass is 32.2. The van der Waals surface area contributed by atoms with Crippen LogP contribution in [0.15, 0.2) is 23.5 Å². The van der Waals surface area contributed by atoms with Crippen molar-refractivity contribution in [3.05, 3.63) is 24.0 Å². The summed E-state index contributed by atoms with van der Waals surface area (Å²) in [5, 5.41) is 0.127. The Morgan fingerprint density at radius 3 is 2.86 bits per heavy atom. The molecule has 1 fully saturated rings. The Balaban J connectivity index is 2.24. The van der Waals surface area contributed by atoms with E-state index in [0.717, 1.165) is 37.3 Å². The van der Waals surface area contributed by atoms with Crippen molar-refractivity contribution in [2.45, 2.75) is 44.1 Å². The molecule has 0 radical (unpaired) electrons. The Morgan fingerprint density at radius 1 is 1.59 bits per heavy atom. The van der Waals surface area contributed by atoms with Crippen LogP contribution < -0.4 is 0 Å². The van der Waals surface area contributed by atoms with Gasteiger partial charge in [0.2, 0.25) is 15.0 Å². The third kappa shape index (κ3) is 4.41. The molecule has 0 bridgehead atoms. The van der Waals surface area contributed by atoms with Crippen LogP contribution >= 0.6 is 0 Å². The van der Waals surface area contributed by atoms with Gasteiger partial charge in [0.05, 0.1) is 24.5 Å². The van der Waals surface area contributed by atoms with Crippen LogP contribution in [0.4, 0.5) is 0 Å². The Labute approximate surface area is 132 Å². The highest BCUT2D eigenvalue weighted by Crippen LogP contribution is 2.19. The van der Waals surface area contributed by atoms with Gasteiger partial charge in [-0.1, -0.05) is 12.2 Å². The summed E-state index contributed by atoms with van der Waals surface area (Å²) in [5.74, 6) is 0. The summed E-state index contributed by atoms with van der Waals surface area (Å²) in [6.45, 7) is 8.56. The molecule has 6 nitrogen and oxygen atoms in total. The van der Waals surface area contributed by atoms with Gasteiger partial charge in [-0.3, -0.25) is 4.90 Å². The third-order valence-electron chi connectivity index (χ3n) is 3.62. The van der Waals surface area contributed by atoms with E-state index < -0.39 is 9.84 Å². The largest absolute Gasteiger partial charge is 0.376 e. The van der Waals surface area contributed by atoms with E-state index in [1.54, 1.807) is 10.8 Å². The van der Waals surface area contributed by atoms with Gasteiger partial charge < -0.3 is 9.30 Å². The molecule has 22 heavy (non-hydrogen) atoms. The molecule has 1 aromatic rings. The van der Waals surface area contributed by atoms with Gasteiger partial charge >= 0.3 is 0 Å². The molecule has 0 aliphatic carbocycles. The van der Waals surface area contributed by atoms with E-state index >= 15 is 0 Å². The van der Waals surface area contributed by atoms with Gasteiger partial charge in [0, 0.05) is 26.0 Å². The molecule has 0 saturated carbocycles. The fraction of sp³-hybridized carbons (Fsp3) is 0.667. The number of hydrogen-bond acceptors (Lipinski definition) is 5. The first-order valence-electron chi connectivity index (χ1n) is 7.46. The average molecular weight is 327 g/mol. The summed E-state index contributed by atoms with van der Waals surface area (Å²) in [6.07, 6.45) is 4.91. The number of ether oxygens (including phenoxy) is 1. The van der Waals surface area contributed by atoms with Crippen LogP contribution in [0.2, 0.25) is 0 Å². The molecule has 2 heterocycles. The summed E-state index contributed by atoms with van der Waals surface area (Å²) in [5.41, 5.74) is 1.95. The second-order valence-electron chi connectivity index (χ2n) is 6.18. The van der Waals surface area contributed by atoms with Crippen molar-refractivity contribution in [3.63, 3.8) is 0 Å². The summed E-state index contributed by atoms with van der Waals surface area (Å²) in [7, 11) is -1.37. The van der Waals surface area contributed by atoms with Crippen molar-refractivity contribution in [2.24, 2.45) is 0 Å². The molecular weight excluding hydrogens is 302 g/mol. The smallest absolute Gasteiger partial charge is 0.227 e. The van der Waals surface area contributed by atoms with E-state index in [0.29, 0.717) is 13.1 Å². The Morgan fingerprint density at radius 2 is 2.32 bits per heavy atom. The number of likely N-dealkylation sites (N-methyl/N-ethyl adjacent to an activating group) is 1. The van der Waals surface area contributed by atoms with E-state index in [1.807, 2.05) is 14.0 Å². The maximum absolute atomic E-state index is 12.0.